The Morgan fingerprint density at radius 1 is 1.17 bits per heavy atom. The smallest absolute Gasteiger partial charge is 0.335 e. The predicted molar refractivity (Wildman–Crippen MR) is 110 cm³/mol. The van der Waals surface area contributed by atoms with Crippen molar-refractivity contribution in [2.24, 2.45) is 5.41 Å². The molecule has 5 rings (SSSR count). The van der Waals surface area contributed by atoms with Crippen molar-refractivity contribution in [3.8, 4) is 11.5 Å². The van der Waals surface area contributed by atoms with Gasteiger partial charge in [0.2, 0.25) is 0 Å². The number of carbonyl (C=O) groups excluding carboxylic acids is 1. The molecule has 1 spiro atoms. The Kier molecular flexibility index (Phi) is 4.14. The van der Waals surface area contributed by atoms with E-state index in [4.69, 9.17) is 14.2 Å². The maximum Gasteiger partial charge on any atom is 0.335 e. The Hall–Kier alpha value is -2.21. The molecule has 3 heterocycles. The van der Waals surface area contributed by atoms with Gasteiger partial charge in [-0.25, -0.2) is 4.79 Å². The highest BCUT2D eigenvalue weighted by Crippen LogP contribution is 2.66. The van der Waals surface area contributed by atoms with E-state index in [1.165, 1.54) is 19.1 Å². The van der Waals surface area contributed by atoms with E-state index < -0.39 is 0 Å². The number of ether oxygens (including phenoxy) is 3. The number of esters is 1. The first-order chi connectivity index (χ1) is 14.0. The molecule has 1 N–H and O–H groups in total. The minimum absolute atomic E-state index is 0.0955. The van der Waals surface area contributed by atoms with Crippen molar-refractivity contribution in [3.05, 3.63) is 29.0 Å². The van der Waals surface area contributed by atoms with E-state index in [-0.39, 0.29) is 16.8 Å². The second kappa shape index (κ2) is 6.39. The van der Waals surface area contributed by atoms with E-state index in [0.29, 0.717) is 11.8 Å². The van der Waals surface area contributed by atoms with E-state index in [1.807, 2.05) is 6.07 Å². The van der Waals surface area contributed by atoms with Crippen LogP contribution in [0.2, 0.25) is 0 Å². The van der Waals surface area contributed by atoms with Crippen LogP contribution in [-0.2, 0) is 14.9 Å². The summed E-state index contributed by atoms with van der Waals surface area (Å²) in [4.78, 5) is 15.6. The largest absolute Gasteiger partial charge is 0.493 e. The summed E-state index contributed by atoms with van der Waals surface area (Å²) in [6, 6.07) is 4.54. The van der Waals surface area contributed by atoms with Crippen LogP contribution in [0.15, 0.2) is 23.4 Å². The van der Waals surface area contributed by atoms with Gasteiger partial charge < -0.3 is 19.5 Å². The van der Waals surface area contributed by atoms with Gasteiger partial charge in [0.25, 0.3) is 0 Å². The fourth-order valence-corrected chi connectivity index (χ4v) is 6.86. The van der Waals surface area contributed by atoms with Gasteiger partial charge in [0.05, 0.1) is 32.3 Å². The summed E-state index contributed by atoms with van der Waals surface area (Å²) in [5, 5.41) is 3.64. The number of benzene rings is 1. The molecule has 3 atom stereocenters. The molecule has 29 heavy (non-hydrogen) atoms. The minimum atomic E-state index is -0.215. The van der Waals surface area contributed by atoms with Crippen LogP contribution in [-0.4, -0.2) is 51.3 Å². The van der Waals surface area contributed by atoms with Gasteiger partial charge in [-0.15, -0.1) is 0 Å². The molecule has 0 amide bonds. The molecular formula is C23H30N2O4. The molecule has 6 nitrogen and oxygen atoms in total. The molecule has 1 aromatic carbocycles. The van der Waals surface area contributed by atoms with E-state index >= 15 is 0 Å². The van der Waals surface area contributed by atoms with Crippen molar-refractivity contribution in [1.29, 1.82) is 0 Å². The molecular weight excluding hydrogens is 368 g/mol. The molecule has 2 saturated heterocycles. The number of nitrogens with zero attached hydrogens (tertiary/aromatic N) is 1. The van der Waals surface area contributed by atoms with E-state index in [0.717, 1.165) is 61.5 Å². The van der Waals surface area contributed by atoms with Crippen molar-refractivity contribution in [3.63, 3.8) is 0 Å². The molecule has 0 aromatic heterocycles. The van der Waals surface area contributed by atoms with Crippen LogP contribution in [0.3, 0.4) is 0 Å². The van der Waals surface area contributed by atoms with E-state index in [1.54, 1.807) is 14.2 Å². The lowest BCUT2D eigenvalue weighted by Gasteiger charge is -2.56. The molecule has 0 bridgehead atoms. The second-order valence-corrected chi connectivity index (χ2v) is 8.88. The van der Waals surface area contributed by atoms with E-state index in [2.05, 4.69) is 23.2 Å². The van der Waals surface area contributed by atoms with Gasteiger partial charge in [0.1, 0.15) is 0 Å². The number of hydrogen-bond acceptors (Lipinski definition) is 6. The van der Waals surface area contributed by atoms with Crippen molar-refractivity contribution in [2.75, 3.05) is 39.7 Å². The highest BCUT2D eigenvalue weighted by molar-refractivity contribution is 5.93. The van der Waals surface area contributed by atoms with Gasteiger partial charge in [0, 0.05) is 23.5 Å². The number of nitrogens with one attached hydrogen (secondary N) is 1. The SMILES string of the molecule is CC[C@]12CCCN3CC[C@]4(C(=C(C(=O)OC)C1)Nc1cc(OC)c(OC)cc14)C32. The fraction of sp³-hybridized carbons (Fsp3) is 0.609. The summed E-state index contributed by atoms with van der Waals surface area (Å²) in [6.07, 6.45) is 5.19. The average molecular weight is 399 g/mol. The standard InChI is InChI=1S/C23H30N2O4/c1-5-22-7-6-9-25-10-8-23(21(22)25)15-11-17(27-2)18(28-3)12-16(15)24-19(23)14(13-22)20(26)29-4/h11-12,21,24H,5-10,13H2,1-4H3/t21?,22-,23-/m0/s1. The number of piperidine rings is 1. The Bertz CT molecular complexity index is 910. The molecule has 6 heteroatoms. The Morgan fingerprint density at radius 3 is 2.62 bits per heavy atom. The van der Waals surface area contributed by atoms with Crippen molar-refractivity contribution in [1.82, 2.24) is 4.90 Å². The molecule has 2 fully saturated rings. The highest BCUT2D eigenvalue weighted by Gasteiger charge is 2.66. The average Bonchev–Trinajstić information content (AvgIpc) is 3.31. The number of fused-ring (bicyclic) bond motifs is 1. The third-order valence-corrected chi connectivity index (χ3v) is 8.00. The van der Waals surface area contributed by atoms with Gasteiger partial charge in [-0.1, -0.05) is 6.92 Å². The second-order valence-electron chi connectivity index (χ2n) is 8.88. The Labute approximate surface area is 172 Å². The Balaban J connectivity index is 1.80. The van der Waals surface area contributed by atoms with Crippen molar-refractivity contribution >= 4 is 11.7 Å². The summed E-state index contributed by atoms with van der Waals surface area (Å²) < 4.78 is 16.5. The number of hydrogen-bond donors (Lipinski definition) is 1. The summed E-state index contributed by atoms with van der Waals surface area (Å²) >= 11 is 0. The highest BCUT2D eigenvalue weighted by atomic mass is 16.5. The molecule has 3 aliphatic heterocycles. The lowest BCUT2D eigenvalue weighted by atomic mass is 9.53. The molecule has 1 aromatic rings. The molecule has 156 valence electrons. The number of anilines is 1. The van der Waals surface area contributed by atoms with Crippen LogP contribution >= 0.6 is 0 Å². The molecule has 1 unspecified atom stereocenters. The Morgan fingerprint density at radius 2 is 1.93 bits per heavy atom. The van der Waals surface area contributed by atoms with Gasteiger partial charge >= 0.3 is 5.97 Å². The lowest BCUT2D eigenvalue weighted by molar-refractivity contribution is -0.137. The van der Waals surface area contributed by atoms with Gasteiger partial charge in [-0.2, -0.15) is 0 Å². The van der Waals surface area contributed by atoms with Crippen molar-refractivity contribution < 1.29 is 19.0 Å². The van der Waals surface area contributed by atoms with Crippen LogP contribution in [0.4, 0.5) is 5.69 Å². The van der Waals surface area contributed by atoms with Crippen LogP contribution in [0.25, 0.3) is 0 Å². The van der Waals surface area contributed by atoms with Crippen LogP contribution in [0.5, 0.6) is 11.5 Å². The van der Waals surface area contributed by atoms with Crippen LogP contribution < -0.4 is 14.8 Å². The number of rotatable bonds is 4. The zero-order valence-corrected chi connectivity index (χ0v) is 17.8. The van der Waals surface area contributed by atoms with Gasteiger partial charge in [-0.3, -0.25) is 4.90 Å². The third kappa shape index (κ3) is 2.24. The normalized spacial score (nSPS) is 32.2. The first-order valence-electron chi connectivity index (χ1n) is 10.6. The van der Waals surface area contributed by atoms with Crippen molar-refractivity contribution in [2.45, 2.75) is 50.5 Å². The third-order valence-electron chi connectivity index (χ3n) is 8.00. The topological polar surface area (TPSA) is 60.0 Å². The zero-order chi connectivity index (χ0) is 20.4. The van der Waals surface area contributed by atoms with E-state index in [9.17, 15) is 4.79 Å². The fourth-order valence-electron chi connectivity index (χ4n) is 6.86. The number of carbonyl (C=O) groups is 1. The van der Waals surface area contributed by atoms with Crippen LogP contribution in [0, 0.1) is 5.41 Å². The van der Waals surface area contributed by atoms with Gasteiger partial charge in [-0.05, 0) is 62.2 Å². The number of methoxy groups -OCH3 is 3. The molecule has 0 radical (unpaired) electrons. The predicted octanol–water partition coefficient (Wildman–Crippen LogP) is 3.46. The summed E-state index contributed by atoms with van der Waals surface area (Å²) in [7, 11) is 4.83. The maximum absolute atomic E-state index is 12.9. The first-order valence-corrected chi connectivity index (χ1v) is 10.6. The first kappa shape index (κ1) is 18.8. The van der Waals surface area contributed by atoms with Gasteiger partial charge in [0.15, 0.2) is 11.5 Å². The maximum atomic E-state index is 12.9. The molecule has 0 saturated carbocycles. The minimum Gasteiger partial charge on any atom is -0.493 e. The summed E-state index contributed by atoms with van der Waals surface area (Å²) in [5.74, 6) is 1.24. The zero-order valence-electron chi connectivity index (χ0n) is 17.8. The molecule has 4 aliphatic rings. The summed E-state index contributed by atoms with van der Waals surface area (Å²) in [6.45, 7) is 4.48. The van der Waals surface area contributed by atoms with Crippen LogP contribution in [0.1, 0.15) is 44.6 Å². The quantitative estimate of drug-likeness (QED) is 0.784. The molecule has 1 aliphatic carbocycles. The summed E-state index contributed by atoms with van der Waals surface area (Å²) in [5.41, 5.74) is 4.01. The lowest BCUT2D eigenvalue weighted by Crippen LogP contribution is -2.59. The monoisotopic (exact) mass is 398 g/mol.